The normalized spacial score (nSPS) is 17.7. The van der Waals surface area contributed by atoms with Gasteiger partial charge in [-0.1, -0.05) is 0 Å². The lowest BCUT2D eigenvalue weighted by Gasteiger charge is -2.35. The first-order chi connectivity index (χ1) is 8.58. The molecule has 5 heteroatoms. The van der Waals surface area contributed by atoms with E-state index in [-0.39, 0.29) is 11.9 Å². The van der Waals surface area contributed by atoms with Crippen LogP contribution in [0.1, 0.15) is 23.2 Å². The van der Waals surface area contributed by atoms with Gasteiger partial charge in [0.2, 0.25) is 5.95 Å². The Labute approximate surface area is 106 Å². The van der Waals surface area contributed by atoms with E-state index in [9.17, 15) is 9.18 Å². The van der Waals surface area contributed by atoms with Gasteiger partial charge in [0, 0.05) is 30.9 Å². The number of rotatable bonds is 2. The fraction of sp³-hybridized carbons (Fsp3) is 0.538. The average molecular weight is 251 g/mol. The van der Waals surface area contributed by atoms with Crippen LogP contribution in [0.4, 0.5) is 4.39 Å². The van der Waals surface area contributed by atoms with Crippen LogP contribution in [0, 0.1) is 5.95 Å². The van der Waals surface area contributed by atoms with Crippen molar-refractivity contribution in [2.24, 2.45) is 0 Å². The maximum absolute atomic E-state index is 13.0. The van der Waals surface area contributed by atoms with Crippen LogP contribution in [0.2, 0.25) is 0 Å². The van der Waals surface area contributed by atoms with Crippen LogP contribution in [0.5, 0.6) is 0 Å². The molecule has 18 heavy (non-hydrogen) atoms. The van der Waals surface area contributed by atoms with Gasteiger partial charge in [0.1, 0.15) is 0 Å². The van der Waals surface area contributed by atoms with Gasteiger partial charge in [-0.2, -0.15) is 4.39 Å². The summed E-state index contributed by atoms with van der Waals surface area (Å²) in [5.41, 5.74) is 0.365. The van der Waals surface area contributed by atoms with Crippen molar-refractivity contribution >= 4 is 5.91 Å². The minimum Gasteiger partial charge on any atom is -0.339 e. The van der Waals surface area contributed by atoms with Crippen molar-refractivity contribution in [1.29, 1.82) is 0 Å². The van der Waals surface area contributed by atoms with E-state index in [4.69, 9.17) is 0 Å². The van der Waals surface area contributed by atoms with E-state index in [0.717, 1.165) is 25.9 Å². The third-order valence-corrected chi connectivity index (χ3v) is 3.53. The van der Waals surface area contributed by atoms with E-state index in [2.05, 4.69) is 16.9 Å². The Morgan fingerprint density at radius 3 is 2.78 bits per heavy atom. The molecule has 0 unspecified atom stereocenters. The van der Waals surface area contributed by atoms with Gasteiger partial charge in [-0.05, 0) is 39.0 Å². The lowest BCUT2D eigenvalue weighted by atomic mass is 10.0. The molecule has 0 radical (unpaired) electrons. The zero-order valence-corrected chi connectivity index (χ0v) is 10.8. The van der Waals surface area contributed by atoms with Gasteiger partial charge in [0.25, 0.3) is 5.91 Å². The van der Waals surface area contributed by atoms with Crippen LogP contribution in [0.3, 0.4) is 0 Å². The van der Waals surface area contributed by atoms with Crippen LogP contribution in [-0.4, -0.2) is 53.9 Å². The summed E-state index contributed by atoms with van der Waals surface area (Å²) in [6, 6.07) is 2.98. The van der Waals surface area contributed by atoms with Gasteiger partial charge in [0.15, 0.2) is 0 Å². The number of amides is 1. The SMILES string of the molecule is CN1CCC(N(C)C(=O)c2ccnc(F)c2)CC1. The zero-order valence-electron chi connectivity index (χ0n) is 10.8. The minimum atomic E-state index is -0.613. The lowest BCUT2D eigenvalue weighted by molar-refractivity contribution is 0.0659. The molecule has 0 aliphatic carbocycles. The van der Waals surface area contributed by atoms with Gasteiger partial charge in [-0.25, -0.2) is 4.98 Å². The molecule has 1 aromatic heterocycles. The molecule has 0 bridgehead atoms. The van der Waals surface area contributed by atoms with Crippen molar-refractivity contribution in [1.82, 2.24) is 14.8 Å². The summed E-state index contributed by atoms with van der Waals surface area (Å²) in [5.74, 6) is -0.747. The average Bonchev–Trinajstić information content (AvgIpc) is 2.38. The summed E-state index contributed by atoms with van der Waals surface area (Å²) in [4.78, 5) is 19.6. The van der Waals surface area contributed by atoms with E-state index in [0.29, 0.717) is 5.56 Å². The second-order valence-electron chi connectivity index (χ2n) is 4.82. The molecule has 1 aliphatic heterocycles. The Morgan fingerprint density at radius 2 is 2.17 bits per heavy atom. The van der Waals surface area contributed by atoms with Crippen molar-refractivity contribution in [2.45, 2.75) is 18.9 Å². The highest BCUT2D eigenvalue weighted by molar-refractivity contribution is 5.94. The summed E-state index contributed by atoms with van der Waals surface area (Å²) >= 11 is 0. The summed E-state index contributed by atoms with van der Waals surface area (Å²) in [6.45, 7) is 1.99. The molecular formula is C13H18FN3O. The third kappa shape index (κ3) is 2.85. The van der Waals surface area contributed by atoms with E-state index in [1.807, 2.05) is 0 Å². The second-order valence-corrected chi connectivity index (χ2v) is 4.82. The number of nitrogens with zero attached hydrogens (tertiary/aromatic N) is 3. The Bertz CT molecular complexity index is 430. The summed E-state index contributed by atoms with van der Waals surface area (Å²) in [7, 11) is 3.87. The monoisotopic (exact) mass is 251 g/mol. The predicted octanol–water partition coefficient (Wildman–Crippen LogP) is 1.39. The quantitative estimate of drug-likeness (QED) is 0.745. The summed E-state index contributed by atoms with van der Waals surface area (Å²) < 4.78 is 13.0. The Balaban J connectivity index is 2.04. The van der Waals surface area contributed by atoms with Crippen molar-refractivity contribution in [3.63, 3.8) is 0 Å². The molecule has 0 N–H and O–H groups in total. The molecule has 2 heterocycles. The molecular weight excluding hydrogens is 233 g/mol. The molecule has 1 aromatic rings. The summed E-state index contributed by atoms with van der Waals surface area (Å²) in [6.07, 6.45) is 3.25. The third-order valence-electron chi connectivity index (χ3n) is 3.53. The standard InChI is InChI=1S/C13H18FN3O/c1-16-7-4-11(5-8-16)17(2)13(18)10-3-6-15-12(14)9-10/h3,6,9,11H,4-5,7-8H2,1-2H3. The first-order valence-electron chi connectivity index (χ1n) is 6.15. The van der Waals surface area contributed by atoms with Crippen LogP contribution in [0.25, 0.3) is 0 Å². The number of aromatic nitrogens is 1. The van der Waals surface area contributed by atoms with Gasteiger partial charge < -0.3 is 9.80 Å². The first kappa shape index (κ1) is 13.0. The topological polar surface area (TPSA) is 36.4 Å². The maximum Gasteiger partial charge on any atom is 0.254 e. The second kappa shape index (κ2) is 5.44. The van der Waals surface area contributed by atoms with Crippen LogP contribution in [0.15, 0.2) is 18.3 Å². The van der Waals surface area contributed by atoms with Gasteiger partial charge in [0.05, 0.1) is 0 Å². The Hall–Kier alpha value is -1.49. The lowest BCUT2D eigenvalue weighted by Crippen LogP contribution is -2.44. The molecule has 0 spiro atoms. The first-order valence-corrected chi connectivity index (χ1v) is 6.15. The maximum atomic E-state index is 13.0. The molecule has 1 fully saturated rings. The molecule has 0 atom stereocenters. The van der Waals surface area contributed by atoms with E-state index in [1.165, 1.54) is 12.3 Å². The Kier molecular flexibility index (Phi) is 3.91. The van der Waals surface area contributed by atoms with E-state index < -0.39 is 5.95 Å². The molecule has 1 aliphatic rings. The molecule has 1 amide bonds. The zero-order chi connectivity index (χ0) is 13.1. The summed E-state index contributed by atoms with van der Waals surface area (Å²) in [5, 5.41) is 0. The number of likely N-dealkylation sites (tertiary alicyclic amines) is 1. The molecule has 2 rings (SSSR count). The van der Waals surface area contributed by atoms with Gasteiger partial charge in [-0.3, -0.25) is 4.79 Å². The fourth-order valence-corrected chi connectivity index (χ4v) is 2.29. The number of halogens is 1. The minimum absolute atomic E-state index is 0.133. The largest absolute Gasteiger partial charge is 0.339 e. The number of piperidine rings is 1. The van der Waals surface area contributed by atoms with Crippen LogP contribution >= 0.6 is 0 Å². The fourth-order valence-electron chi connectivity index (χ4n) is 2.29. The highest BCUT2D eigenvalue weighted by Gasteiger charge is 2.24. The van der Waals surface area contributed by atoms with Gasteiger partial charge in [-0.15, -0.1) is 0 Å². The van der Waals surface area contributed by atoms with Gasteiger partial charge >= 0.3 is 0 Å². The highest BCUT2D eigenvalue weighted by atomic mass is 19.1. The number of hydrogen-bond donors (Lipinski definition) is 0. The number of hydrogen-bond acceptors (Lipinski definition) is 3. The Morgan fingerprint density at radius 1 is 1.50 bits per heavy atom. The van der Waals surface area contributed by atoms with Crippen LogP contribution in [-0.2, 0) is 0 Å². The molecule has 0 saturated carbocycles. The molecule has 4 nitrogen and oxygen atoms in total. The highest BCUT2D eigenvalue weighted by Crippen LogP contribution is 2.16. The number of carbonyl (C=O) groups is 1. The number of carbonyl (C=O) groups excluding carboxylic acids is 1. The molecule has 0 aromatic carbocycles. The van der Waals surface area contributed by atoms with Crippen molar-refractivity contribution in [3.05, 3.63) is 29.8 Å². The number of pyridine rings is 1. The van der Waals surface area contributed by atoms with E-state index >= 15 is 0 Å². The molecule has 98 valence electrons. The van der Waals surface area contributed by atoms with E-state index in [1.54, 1.807) is 18.0 Å². The smallest absolute Gasteiger partial charge is 0.254 e. The molecule has 1 saturated heterocycles. The van der Waals surface area contributed by atoms with Crippen molar-refractivity contribution < 1.29 is 9.18 Å². The van der Waals surface area contributed by atoms with Crippen LogP contribution < -0.4 is 0 Å². The predicted molar refractivity (Wildman–Crippen MR) is 66.8 cm³/mol. The van der Waals surface area contributed by atoms with Crippen molar-refractivity contribution in [2.75, 3.05) is 27.2 Å². The van der Waals surface area contributed by atoms with Crippen molar-refractivity contribution in [3.8, 4) is 0 Å².